The average Bonchev–Trinajstić information content (AvgIpc) is 2.65. The largest absolute Gasteiger partial charge is 0.497 e. The van der Waals surface area contributed by atoms with Crippen molar-refractivity contribution in [2.24, 2.45) is 0 Å². The summed E-state index contributed by atoms with van der Waals surface area (Å²) in [7, 11) is 3.82. The van der Waals surface area contributed by atoms with Gasteiger partial charge in [-0.15, -0.1) is 0 Å². The molecule has 0 saturated heterocycles. The van der Waals surface area contributed by atoms with Crippen LogP contribution in [0.5, 0.6) is 5.75 Å². The minimum Gasteiger partial charge on any atom is -0.497 e. The van der Waals surface area contributed by atoms with Gasteiger partial charge in [-0.2, -0.15) is 0 Å². The van der Waals surface area contributed by atoms with E-state index in [4.69, 9.17) is 4.74 Å². The highest BCUT2D eigenvalue weighted by atomic mass is 16.5. The lowest BCUT2D eigenvalue weighted by Crippen LogP contribution is -2.26. The van der Waals surface area contributed by atoms with Gasteiger partial charge in [0.1, 0.15) is 5.75 Å². The average molecular weight is 316 g/mol. The Kier molecular flexibility index (Phi) is 3.62. The molecule has 0 N–H and O–H groups in total. The standard InChI is InChI=1S/C21H20N2O/c1-22-18-7-3-5-9-20(18)23(21-10-6-4-8-19(21)22)15-16-11-13-17(24-2)14-12-16/h3-14H,15H2,1-2H3. The Labute approximate surface area is 142 Å². The van der Waals surface area contributed by atoms with Crippen molar-refractivity contribution in [1.82, 2.24) is 0 Å². The van der Waals surface area contributed by atoms with Gasteiger partial charge in [0.25, 0.3) is 0 Å². The van der Waals surface area contributed by atoms with Crippen molar-refractivity contribution in [3.63, 3.8) is 0 Å². The van der Waals surface area contributed by atoms with E-state index in [1.165, 1.54) is 28.3 Å². The molecule has 3 aromatic carbocycles. The summed E-state index contributed by atoms with van der Waals surface area (Å²) in [5, 5.41) is 0. The van der Waals surface area contributed by atoms with Gasteiger partial charge in [-0.05, 0) is 42.0 Å². The number of benzene rings is 3. The normalized spacial score (nSPS) is 12.6. The van der Waals surface area contributed by atoms with Crippen LogP contribution in [0, 0.1) is 0 Å². The fourth-order valence-corrected chi connectivity index (χ4v) is 3.30. The summed E-state index contributed by atoms with van der Waals surface area (Å²) in [6.45, 7) is 0.825. The minimum absolute atomic E-state index is 0.825. The Morgan fingerprint density at radius 1 is 0.708 bits per heavy atom. The van der Waals surface area contributed by atoms with Crippen LogP contribution in [0.3, 0.4) is 0 Å². The highest BCUT2D eigenvalue weighted by Gasteiger charge is 2.25. The van der Waals surface area contributed by atoms with Crippen molar-refractivity contribution >= 4 is 22.7 Å². The number of nitrogens with zero attached hydrogens (tertiary/aromatic N) is 2. The lowest BCUT2D eigenvalue weighted by molar-refractivity contribution is 0.414. The molecule has 4 rings (SSSR count). The Morgan fingerprint density at radius 2 is 1.21 bits per heavy atom. The second-order valence-corrected chi connectivity index (χ2v) is 5.97. The summed E-state index contributed by atoms with van der Waals surface area (Å²) >= 11 is 0. The second-order valence-electron chi connectivity index (χ2n) is 5.97. The van der Waals surface area contributed by atoms with E-state index in [-0.39, 0.29) is 0 Å². The van der Waals surface area contributed by atoms with E-state index < -0.39 is 0 Å². The number of para-hydroxylation sites is 4. The van der Waals surface area contributed by atoms with Crippen LogP contribution in [0.4, 0.5) is 22.7 Å². The molecule has 0 bridgehead atoms. The van der Waals surface area contributed by atoms with Crippen LogP contribution in [-0.4, -0.2) is 14.2 Å². The Balaban J connectivity index is 1.78. The zero-order valence-electron chi connectivity index (χ0n) is 13.9. The maximum absolute atomic E-state index is 5.27. The minimum atomic E-state index is 0.825. The van der Waals surface area contributed by atoms with Crippen LogP contribution in [0.2, 0.25) is 0 Å². The van der Waals surface area contributed by atoms with Gasteiger partial charge in [0, 0.05) is 13.6 Å². The predicted molar refractivity (Wildman–Crippen MR) is 99.8 cm³/mol. The summed E-state index contributed by atoms with van der Waals surface area (Å²) in [5.41, 5.74) is 6.17. The second kappa shape index (κ2) is 5.93. The third kappa shape index (κ3) is 2.38. The molecule has 1 aliphatic heterocycles. The van der Waals surface area contributed by atoms with Crippen molar-refractivity contribution in [1.29, 1.82) is 0 Å². The van der Waals surface area contributed by atoms with Gasteiger partial charge >= 0.3 is 0 Å². The third-order valence-electron chi connectivity index (χ3n) is 4.57. The van der Waals surface area contributed by atoms with Gasteiger partial charge in [0.15, 0.2) is 0 Å². The molecule has 3 aromatic rings. The molecule has 0 unspecified atom stereocenters. The molecule has 0 spiro atoms. The van der Waals surface area contributed by atoms with Crippen LogP contribution < -0.4 is 14.5 Å². The summed E-state index contributed by atoms with van der Waals surface area (Å²) in [4.78, 5) is 4.64. The summed E-state index contributed by atoms with van der Waals surface area (Å²) in [6, 6.07) is 25.4. The molecule has 0 aromatic heterocycles. The molecule has 0 aliphatic carbocycles. The third-order valence-corrected chi connectivity index (χ3v) is 4.57. The van der Waals surface area contributed by atoms with Gasteiger partial charge < -0.3 is 14.5 Å². The number of rotatable bonds is 3. The monoisotopic (exact) mass is 316 g/mol. The lowest BCUT2D eigenvalue weighted by Gasteiger charge is -2.38. The first kappa shape index (κ1) is 14.6. The molecule has 1 heterocycles. The van der Waals surface area contributed by atoms with Crippen molar-refractivity contribution in [2.45, 2.75) is 6.54 Å². The molecule has 120 valence electrons. The number of anilines is 4. The van der Waals surface area contributed by atoms with Gasteiger partial charge in [0.05, 0.1) is 29.9 Å². The molecular formula is C21H20N2O. The summed E-state index contributed by atoms with van der Waals surface area (Å²) in [6.07, 6.45) is 0. The van der Waals surface area contributed by atoms with E-state index in [0.717, 1.165) is 12.3 Å². The topological polar surface area (TPSA) is 15.7 Å². The number of hydrogen-bond acceptors (Lipinski definition) is 3. The maximum atomic E-state index is 5.27. The van der Waals surface area contributed by atoms with Crippen molar-refractivity contribution in [3.05, 3.63) is 78.4 Å². The van der Waals surface area contributed by atoms with E-state index in [2.05, 4.69) is 77.5 Å². The Bertz CT molecular complexity index is 810. The van der Waals surface area contributed by atoms with Crippen LogP contribution in [0.1, 0.15) is 5.56 Å². The van der Waals surface area contributed by atoms with Crippen LogP contribution in [0.25, 0.3) is 0 Å². The zero-order chi connectivity index (χ0) is 16.5. The molecule has 0 radical (unpaired) electrons. The van der Waals surface area contributed by atoms with Crippen LogP contribution in [-0.2, 0) is 6.54 Å². The quantitative estimate of drug-likeness (QED) is 0.667. The van der Waals surface area contributed by atoms with E-state index in [9.17, 15) is 0 Å². The molecule has 0 saturated carbocycles. The van der Waals surface area contributed by atoms with Crippen molar-refractivity contribution in [3.8, 4) is 5.75 Å². The Morgan fingerprint density at radius 3 is 1.71 bits per heavy atom. The first-order valence-electron chi connectivity index (χ1n) is 8.10. The summed E-state index contributed by atoms with van der Waals surface area (Å²) in [5.74, 6) is 0.887. The lowest BCUT2D eigenvalue weighted by atomic mass is 10.1. The molecular weight excluding hydrogens is 296 g/mol. The Hall–Kier alpha value is -2.94. The predicted octanol–water partition coefficient (Wildman–Crippen LogP) is 5.11. The molecule has 1 aliphatic rings. The molecule has 3 heteroatoms. The number of fused-ring (bicyclic) bond motifs is 2. The number of hydrogen-bond donors (Lipinski definition) is 0. The zero-order valence-corrected chi connectivity index (χ0v) is 13.9. The highest BCUT2D eigenvalue weighted by molar-refractivity contribution is 5.92. The first-order valence-corrected chi connectivity index (χ1v) is 8.10. The SMILES string of the molecule is COc1ccc(CN2c3ccccc3N(C)c3ccccc32)cc1. The molecule has 24 heavy (non-hydrogen) atoms. The van der Waals surface area contributed by atoms with Crippen LogP contribution >= 0.6 is 0 Å². The number of methoxy groups -OCH3 is 1. The first-order chi connectivity index (χ1) is 11.8. The summed E-state index contributed by atoms with van der Waals surface area (Å²) < 4.78 is 5.27. The van der Waals surface area contributed by atoms with Gasteiger partial charge in [0.2, 0.25) is 0 Å². The molecule has 0 amide bonds. The highest BCUT2D eigenvalue weighted by Crippen LogP contribution is 2.47. The fourth-order valence-electron chi connectivity index (χ4n) is 3.30. The smallest absolute Gasteiger partial charge is 0.118 e. The fraction of sp³-hybridized carbons (Fsp3) is 0.143. The van der Waals surface area contributed by atoms with E-state index in [1.54, 1.807) is 7.11 Å². The van der Waals surface area contributed by atoms with E-state index in [0.29, 0.717) is 0 Å². The van der Waals surface area contributed by atoms with Gasteiger partial charge in [-0.25, -0.2) is 0 Å². The molecule has 0 fully saturated rings. The van der Waals surface area contributed by atoms with Gasteiger partial charge in [-0.1, -0.05) is 36.4 Å². The number of ether oxygens (including phenoxy) is 1. The maximum Gasteiger partial charge on any atom is 0.118 e. The van der Waals surface area contributed by atoms with E-state index in [1.807, 2.05) is 12.1 Å². The van der Waals surface area contributed by atoms with Crippen LogP contribution in [0.15, 0.2) is 72.8 Å². The molecule has 3 nitrogen and oxygen atoms in total. The van der Waals surface area contributed by atoms with Crippen molar-refractivity contribution in [2.75, 3.05) is 24.0 Å². The van der Waals surface area contributed by atoms with Crippen molar-refractivity contribution < 1.29 is 4.74 Å². The van der Waals surface area contributed by atoms with Gasteiger partial charge in [-0.3, -0.25) is 0 Å². The van der Waals surface area contributed by atoms with E-state index >= 15 is 0 Å². The molecule has 0 atom stereocenters.